The number of nitrogens with zero attached hydrogens (tertiary/aromatic N) is 3. The van der Waals surface area contributed by atoms with Crippen molar-refractivity contribution in [1.82, 2.24) is 19.8 Å². The summed E-state index contributed by atoms with van der Waals surface area (Å²) in [5, 5.41) is 4.37. The number of halogens is 1. The second kappa shape index (κ2) is 7.93. The van der Waals surface area contributed by atoms with E-state index in [1.807, 2.05) is 12.1 Å². The predicted octanol–water partition coefficient (Wildman–Crippen LogP) is 4.47. The van der Waals surface area contributed by atoms with Gasteiger partial charge in [0, 0.05) is 19.6 Å². The molecular formula is C27H31ClN4O. The van der Waals surface area contributed by atoms with E-state index in [1.165, 1.54) is 56.7 Å². The van der Waals surface area contributed by atoms with Gasteiger partial charge >= 0.3 is 0 Å². The summed E-state index contributed by atoms with van der Waals surface area (Å²) < 4.78 is 2.20. The summed E-state index contributed by atoms with van der Waals surface area (Å²) in [6, 6.07) is 12.7. The third kappa shape index (κ3) is 3.28. The predicted molar refractivity (Wildman–Crippen MR) is 134 cm³/mol. The number of piperidine rings is 1. The molecule has 1 atom stereocenters. The molecule has 3 aliphatic heterocycles. The standard InChI is InChI=1S/C27H31ClN4O/c1-3-27(2)20-8-7-19(18-9-11-31(12-10-18)16-17-14-29-15-17)13-23(20)32-22-6-4-5-21(28)24(22)25(33)30-26(27)32/h4-8,13,17-18,29H,3,9-12,14-16H2,1-2H3. The van der Waals surface area contributed by atoms with Crippen molar-refractivity contribution in [3.05, 3.63) is 68.7 Å². The first-order chi connectivity index (χ1) is 16.0. The minimum absolute atomic E-state index is 0.233. The van der Waals surface area contributed by atoms with Crippen LogP contribution in [0.25, 0.3) is 16.6 Å². The van der Waals surface area contributed by atoms with Crippen molar-refractivity contribution in [3.8, 4) is 5.69 Å². The van der Waals surface area contributed by atoms with Crippen molar-refractivity contribution in [2.24, 2.45) is 5.92 Å². The van der Waals surface area contributed by atoms with Gasteiger partial charge in [0.15, 0.2) is 0 Å². The van der Waals surface area contributed by atoms with Gasteiger partial charge in [-0.25, -0.2) is 0 Å². The van der Waals surface area contributed by atoms with Crippen LogP contribution >= 0.6 is 11.6 Å². The third-order valence-electron chi connectivity index (χ3n) is 8.36. The van der Waals surface area contributed by atoms with E-state index in [9.17, 15) is 4.79 Å². The van der Waals surface area contributed by atoms with E-state index in [2.05, 4.69) is 51.8 Å². The molecule has 1 N–H and O–H groups in total. The monoisotopic (exact) mass is 462 g/mol. The second-order valence-electron chi connectivity index (χ2n) is 10.3. The molecule has 172 valence electrons. The fraction of sp³-hybridized carbons (Fsp3) is 0.481. The molecule has 0 aliphatic carbocycles. The fourth-order valence-electron chi connectivity index (χ4n) is 6.06. The maximum Gasteiger partial charge on any atom is 0.282 e. The van der Waals surface area contributed by atoms with E-state index in [-0.39, 0.29) is 11.0 Å². The van der Waals surface area contributed by atoms with Crippen molar-refractivity contribution in [2.75, 3.05) is 32.7 Å². The van der Waals surface area contributed by atoms with E-state index < -0.39 is 0 Å². The number of hydrogen-bond acceptors (Lipinski definition) is 4. The van der Waals surface area contributed by atoms with Gasteiger partial charge in [0.05, 0.1) is 27.0 Å². The summed E-state index contributed by atoms with van der Waals surface area (Å²) in [6.07, 6.45) is 3.28. The molecule has 5 nitrogen and oxygen atoms in total. The number of hydrogen-bond donors (Lipinski definition) is 1. The summed E-state index contributed by atoms with van der Waals surface area (Å²) in [7, 11) is 0. The third-order valence-corrected chi connectivity index (χ3v) is 8.68. The molecule has 3 aliphatic rings. The zero-order chi connectivity index (χ0) is 22.7. The highest BCUT2D eigenvalue weighted by Crippen LogP contribution is 2.46. The Bertz CT molecular complexity index is 1290. The van der Waals surface area contributed by atoms with Crippen molar-refractivity contribution < 1.29 is 0 Å². The molecular weight excluding hydrogens is 432 g/mol. The summed E-state index contributed by atoms with van der Waals surface area (Å²) in [5.74, 6) is 2.24. The van der Waals surface area contributed by atoms with Crippen LogP contribution in [0.3, 0.4) is 0 Å². The van der Waals surface area contributed by atoms with Gasteiger partial charge in [-0.05, 0) is 80.4 Å². The van der Waals surface area contributed by atoms with Crippen LogP contribution in [0.15, 0.2) is 41.2 Å². The Kier molecular flexibility index (Phi) is 5.13. The topological polar surface area (TPSA) is 50.2 Å². The molecule has 2 saturated heterocycles. The van der Waals surface area contributed by atoms with Gasteiger partial charge in [0.2, 0.25) is 0 Å². The van der Waals surface area contributed by atoms with Crippen LogP contribution in [0.5, 0.6) is 0 Å². The van der Waals surface area contributed by atoms with Crippen molar-refractivity contribution in [3.63, 3.8) is 0 Å². The van der Waals surface area contributed by atoms with Crippen LogP contribution in [0.1, 0.15) is 56.0 Å². The normalized spacial score (nSPS) is 23.5. The van der Waals surface area contributed by atoms with Gasteiger partial charge < -0.3 is 10.2 Å². The van der Waals surface area contributed by atoms with Crippen molar-refractivity contribution in [1.29, 1.82) is 0 Å². The van der Waals surface area contributed by atoms with Crippen LogP contribution in [0.2, 0.25) is 5.02 Å². The Morgan fingerprint density at radius 2 is 1.97 bits per heavy atom. The van der Waals surface area contributed by atoms with Gasteiger partial charge in [-0.1, -0.05) is 36.7 Å². The first kappa shape index (κ1) is 21.3. The van der Waals surface area contributed by atoms with Crippen LogP contribution in [0.4, 0.5) is 0 Å². The molecule has 3 aromatic rings. The minimum Gasteiger partial charge on any atom is -0.316 e. The number of aromatic nitrogens is 2. The van der Waals surface area contributed by atoms with E-state index in [4.69, 9.17) is 11.6 Å². The molecule has 0 bridgehead atoms. The van der Waals surface area contributed by atoms with Crippen molar-refractivity contribution in [2.45, 2.75) is 44.4 Å². The molecule has 1 unspecified atom stereocenters. The van der Waals surface area contributed by atoms with Gasteiger partial charge in [-0.2, -0.15) is 4.98 Å². The lowest BCUT2D eigenvalue weighted by molar-refractivity contribution is 0.158. The van der Waals surface area contributed by atoms with Gasteiger partial charge in [0.1, 0.15) is 5.82 Å². The maximum atomic E-state index is 12.9. The SMILES string of the molecule is CCC1(C)c2ccc(C3CCN(CC4CNC4)CC3)cc2-n2c1nc(=O)c1c(Cl)cccc12. The lowest BCUT2D eigenvalue weighted by atomic mass is 9.79. The number of fused-ring (bicyclic) bond motifs is 5. The van der Waals surface area contributed by atoms with Crippen LogP contribution in [-0.2, 0) is 5.41 Å². The molecule has 2 aromatic carbocycles. The van der Waals surface area contributed by atoms with E-state index >= 15 is 0 Å². The van der Waals surface area contributed by atoms with Gasteiger partial charge in [-0.15, -0.1) is 0 Å². The quantitative estimate of drug-likeness (QED) is 0.621. The molecule has 0 radical (unpaired) electrons. The van der Waals surface area contributed by atoms with Crippen molar-refractivity contribution >= 4 is 22.5 Å². The van der Waals surface area contributed by atoms with Crippen LogP contribution < -0.4 is 10.9 Å². The summed E-state index contributed by atoms with van der Waals surface area (Å²) in [6.45, 7) is 10.3. The molecule has 0 spiro atoms. The van der Waals surface area contributed by atoms with Crippen LogP contribution in [-0.4, -0.2) is 47.2 Å². The minimum atomic E-state index is -0.288. The molecule has 6 rings (SSSR count). The number of rotatable bonds is 4. The number of nitrogens with one attached hydrogen (secondary N) is 1. The number of benzene rings is 2. The molecule has 4 heterocycles. The van der Waals surface area contributed by atoms with Gasteiger partial charge in [-0.3, -0.25) is 9.36 Å². The highest BCUT2D eigenvalue weighted by Gasteiger charge is 2.41. The largest absolute Gasteiger partial charge is 0.316 e. The summed E-state index contributed by atoms with van der Waals surface area (Å²) >= 11 is 6.45. The van der Waals surface area contributed by atoms with E-state index in [0.717, 1.165) is 29.4 Å². The Hall–Kier alpha value is -2.21. The Balaban J connectivity index is 1.40. The molecule has 33 heavy (non-hydrogen) atoms. The fourth-order valence-corrected chi connectivity index (χ4v) is 6.31. The average molecular weight is 463 g/mol. The summed E-state index contributed by atoms with van der Waals surface area (Å²) in [4.78, 5) is 20.2. The zero-order valence-electron chi connectivity index (χ0n) is 19.4. The second-order valence-corrected chi connectivity index (χ2v) is 10.7. The molecule has 6 heteroatoms. The molecule has 0 amide bonds. The zero-order valence-corrected chi connectivity index (χ0v) is 20.2. The molecule has 2 fully saturated rings. The van der Waals surface area contributed by atoms with E-state index in [1.54, 1.807) is 6.07 Å². The smallest absolute Gasteiger partial charge is 0.282 e. The first-order valence-electron chi connectivity index (χ1n) is 12.3. The van der Waals surface area contributed by atoms with Crippen LogP contribution in [0, 0.1) is 5.92 Å². The molecule has 1 aromatic heterocycles. The van der Waals surface area contributed by atoms with E-state index in [0.29, 0.717) is 16.3 Å². The molecule has 0 saturated carbocycles. The lowest BCUT2D eigenvalue weighted by Crippen LogP contribution is -2.49. The first-order valence-corrected chi connectivity index (χ1v) is 12.7. The average Bonchev–Trinajstić information content (AvgIpc) is 3.05. The Morgan fingerprint density at radius 3 is 2.67 bits per heavy atom. The van der Waals surface area contributed by atoms with Gasteiger partial charge in [0.25, 0.3) is 5.56 Å². The lowest BCUT2D eigenvalue weighted by Gasteiger charge is -2.37. The Labute approximate surface area is 199 Å². The highest BCUT2D eigenvalue weighted by atomic mass is 35.5. The maximum absolute atomic E-state index is 12.9. The Morgan fingerprint density at radius 1 is 1.18 bits per heavy atom. The summed E-state index contributed by atoms with van der Waals surface area (Å²) in [5.41, 5.74) is 4.15. The number of likely N-dealkylation sites (tertiary alicyclic amines) is 1. The highest BCUT2D eigenvalue weighted by molar-refractivity contribution is 6.35.